The Morgan fingerprint density at radius 2 is 2.05 bits per heavy atom. The molecule has 108 valence electrons. The number of pyridine rings is 1. The van der Waals surface area contributed by atoms with E-state index in [1.165, 1.54) is 0 Å². The SMILES string of the molecule is COc1ccc(Nc2nnc(CNC(C)(C)C)o2)cn1. The topological polar surface area (TPSA) is 85.1 Å². The van der Waals surface area contributed by atoms with E-state index >= 15 is 0 Å². The summed E-state index contributed by atoms with van der Waals surface area (Å²) in [6.45, 7) is 6.75. The smallest absolute Gasteiger partial charge is 0.320 e. The van der Waals surface area contributed by atoms with Crippen LogP contribution < -0.4 is 15.4 Å². The lowest BCUT2D eigenvalue weighted by Crippen LogP contribution is -2.35. The number of rotatable bonds is 5. The Kier molecular flexibility index (Phi) is 4.19. The van der Waals surface area contributed by atoms with Crippen molar-refractivity contribution in [3.63, 3.8) is 0 Å². The highest BCUT2D eigenvalue weighted by molar-refractivity contribution is 5.50. The highest BCUT2D eigenvalue weighted by Gasteiger charge is 2.12. The molecule has 0 aromatic carbocycles. The van der Waals surface area contributed by atoms with Crippen LogP contribution in [0.2, 0.25) is 0 Å². The standard InChI is InChI=1S/C13H19N5O2/c1-13(2,3)15-8-11-17-18-12(20-11)16-9-5-6-10(19-4)14-7-9/h5-7,15H,8H2,1-4H3,(H,16,18). The van der Waals surface area contributed by atoms with Crippen LogP contribution in [0, 0.1) is 0 Å². The highest BCUT2D eigenvalue weighted by atomic mass is 16.5. The van der Waals surface area contributed by atoms with E-state index in [1.807, 2.05) is 6.07 Å². The summed E-state index contributed by atoms with van der Waals surface area (Å²) in [6, 6.07) is 3.91. The fourth-order valence-electron chi connectivity index (χ4n) is 1.41. The van der Waals surface area contributed by atoms with Crippen molar-refractivity contribution in [3.05, 3.63) is 24.2 Å². The molecule has 0 unspecified atom stereocenters. The lowest BCUT2D eigenvalue weighted by Gasteiger charge is -2.18. The van der Waals surface area contributed by atoms with Crippen LogP contribution in [-0.2, 0) is 6.54 Å². The molecule has 20 heavy (non-hydrogen) atoms. The van der Waals surface area contributed by atoms with Gasteiger partial charge in [0, 0.05) is 11.6 Å². The third kappa shape index (κ3) is 4.20. The van der Waals surface area contributed by atoms with Crippen LogP contribution in [0.15, 0.2) is 22.7 Å². The van der Waals surface area contributed by atoms with E-state index in [2.05, 4.69) is 46.6 Å². The van der Waals surface area contributed by atoms with E-state index in [0.717, 1.165) is 5.69 Å². The van der Waals surface area contributed by atoms with Crippen molar-refractivity contribution in [1.29, 1.82) is 0 Å². The summed E-state index contributed by atoms with van der Waals surface area (Å²) in [7, 11) is 1.57. The van der Waals surface area contributed by atoms with Crippen molar-refractivity contribution in [1.82, 2.24) is 20.5 Å². The van der Waals surface area contributed by atoms with Gasteiger partial charge in [-0.15, -0.1) is 5.10 Å². The van der Waals surface area contributed by atoms with Gasteiger partial charge < -0.3 is 19.8 Å². The number of ether oxygens (including phenoxy) is 1. The predicted octanol–water partition coefficient (Wildman–Crippen LogP) is 2.10. The van der Waals surface area contributed by atoms with Gasteiger partial charge in [0.15, 0.2) is 0 Å². The summed E-state index contributed by atoms with van der Waals surface area (Å²) < 4.78 is 10.5. The summed E-state index contributed by atoms with van der Waals surface area (Å²) in [5.74, 6) is 1.08. The molecule has 0 fully saturated rings. The van der Waals surface area contributed by atoms with E-state index in [9.17, 15) is 0 Å². The van der Waals surface area contributed by atoms with Crippen LogP contribution in [0.5, 0.6) is 5.88 Å². The van der Waals surface area contributed by atoms with Gasteiger partial charge in [-0.2, -0.15) is 0 Å². The molecule has 2 aromatic rings. The molecule has 7 nitrogen and oxygen atoms in total. The Morgan fingerprint density at radius 1 is 1.25 bits per heavy atom. The molecule has 2 N–H and O–H groups in total. The van der Waals surface area contributed by atoms with Gasteiger partial charge in [0.05, 0.1) is 25.5 Å². The maximum absolute atomic E-state index is 5.48. The maximum atomic E-state index is 5.48. The van der Waals surface area contributed by atoms with E-state index in [4.69, 9.17) is 9.15 Å². The molecular weight excluding hydrogens is 258 g/mol. The van der Waals surface area contributed by atoms with Crippen LogP contribution >= 0.6 is 0 Å². The average Bonchev–Trinajstić information content (AvgIpc) is 2.84. The van der Waals surface area contributed by atoms with Crippen LogP contribution in [-0.4, -0.2) is 27.8 Å². The molecule has 0 aliphatic rings. The lowest BCUT2D eigenvalue weighted by molar-refractivity contribution is 0.384. The molecule has 2 rings (SSSR count). The van der Waals surface area contributed by atoms with E-state index in [-0.39, 0.29) is 5.54 Å². The number of anilines is 2. The first-order chi connectivity index (χ1) is 9.46. The molecule has 0 radical (unpaired) electrons. The first-order valence-corrected chi connectivity index (χ1v) is 6.31. The average molecular weight is 277 g/mol. The zero-order valence-electron chi connectivity index (χ0n) is 12.1. The van der Waals surface area contributed by atoms with Crippen molar-refractivity contribution >= 4 is 11.7 Å². The van der Waals surface area contributed by atoms with Crippen LogP contribution in [0.1, 0.15) is 26.7 Å². The largest absolute Gasteiger partial charge is 0.481 e. The van der Waals surface area contributed by atoms with Crippen LogP contribution in [0.25, 0.3) is 0 Å². The third-order valence-corrected chi connectivity index (χ3v) is 2.43. The van der Waals surface area contributed by atoms with Crippen molar-refractivity contribution in [2.24, 2.45) is 0 Å². The fraction of sp³-hybridized carbons (Fsp3) is 0.462. The van der Waals surface area contributed by atoms with Gasteiger partial charge in [-0.05, 0) is 26.8 Å². The second-order valence-corrected chi connectivity index (χ2v) is 5.32. The molecule has 0 aliphatic heterocycles. The van der Waals surface area contributed by atoms with Crippen molar-refractivity contribution in [2.45, 2.75) is 32.9 Å². The van der Waals surface area contributed by atoms with Gasteiger partial charge in [0.1, 0.15) is 0 Å². The quantitative estimate of drug-likeness (QED) is 0.865. The number of methoxy groups -OCH3 is 1. The molecule has 0 saturated carbocycles. The van der Waals surface area contributed by atoms with E-state index in [0.29, 0.717) is 24.3 Å². The summed E-state index contributed by atoms with van der Waals surface area (Å²) in [5.41, 5.74) is 0.756. The zero-order valence-corrected chi connectivity index (χ0v) is 12.1. The van der Waals surface area contributed by atoms with Gasteiger partial charge in [0.2, 0.25) is 11.8 Å². The number of nitrogens with zero attached hydrogens (tertiary/aromatic N) is 3. The minimum atomic E-state index is 0.00195. The maximum Gasteiger partial charge on any atom is 0.320 e. The second kappa shape index (κ2) is 5.87. The van der Waals surface area contributed by atoms with E-state index in [1.54, 1.807) is 19.4 Å². The van der Waals surface area contributed by atoms with Gasteiger partial charge in [-0.3, -0.25) is 0 Å². The molecule has 0 bridgehead atoms. The van der Waals surface area contributed by atoms with Crippen LogP contribution in [0.4, 0.5) is 11.7 Å². The third-order valence-electron chi connectivity index (χ3n) is 2.43. The van der Waals surface area contributed by atoms with Gasteiger partial charge in [0.25, 0.3) is 0 Å². The van der Waals surface area contributed by atoms with Gasteiger partial charge in [-0.25, -0.2) is 4.98 Å². The molecule has 2 aromatic heterocycles. The van der Waals surface area contributed by atoms with Crippen molar-refractivity contribution < 1.29 is 9.15 Å². The highest BCUT2D eigenvalue weighted by Crippen LogP contribution is 2.16. The normalized spacial score (nSPS) is 11.4. The lowest BCUT2D eigenvalue weighted by atomic mass is 10.1. The summed E-state index contributed by atoms with van der Waals surface area (Å²) >= 11 is 0. The van der Waals surface area contributed by atoms with Crippen molar-refractivity contribution in [3.8, 4) is 5.88 Å². The molecule has 2 heterocycles. The molecule has 0 atom stereocenters. The summed E-state index contributed by atoms with van der Waals surface area (Å²) in [6.07, 6.45) is 1.64. The predicted molar refractivity (Wildman–Crippen MR) is 75.0 cm³/mol. The Bertz CT molecular complexity index is 545. The molecule has 0 spiro atoms. The number of hydrogen-bond acceptors (Lipinski definition) is 7. The Balaban J connectivity index is 1.94. The monoisotopic (exact) mass is 277 g/mol. The minimum Gasteiger partial charge on any atom is -0.481 e. The minimum absolute atomic E-state index is 0.00195. The van der Waals surface area contributed by atoms with Crippen LogP contribution in [0.3, 0.4) is 0 Å². The fourth-order valence-corrected chi connectivity index (χ4v) is 1.41. The summed E-state index contributed by atoms with van der Waals surface area (Å²) in [4.78, 5) is 4.08. The molecule has 0 saturated heterocycles. The van der Waals surface area contributed by atoms with E-state index < -0.39 is 0 Å². The second-order valence-electron chi connectivity index (χ2n) is 5.32. The van der Waals surface area contributed by atoms with Gasteiger partial charge >= 0.3 is 6.01 Å². The molecule has 7 heteroatoms. The Labute approximate surface area is 117 Å². The molecule has 0 aliphatic carbocycles. The Hall–Kier alpha value is -2.15. The number of aromatic nitrogens is 3. The first kappa shape index (κ1) is 14.3. The van der Waals surface area contributed by atoms with Crippen molar-refractivity contribution in [2.75, 3.05) is 12.4 Å². The number of nitrogens with one attached hydrogen (secondary N) is 2. The Morgan fingerprint density at radius 3 is 2.65 bits per heavy atom. The zero-order chi connectivity index (χ0) is 14.6. The number of hydrogen-bond donors (Lipinski definition) is 2. The summed E-state index contributed by atoms with van der Waals surface area (Å²) in [5, 5.41) is 14.2. The van der Waals surface area contributed by atoms with Gasteiger partial charge in [-0.1, -0.05) is 5.10 Å². The first-order valence-electron chi connectivity index (χ1n) is 6.31. The molecule has 0 amide bonds. The molecular formula is C13H19N5O2.